The van der Waals surface area contributed by atoms with Crippen LogP contribution < -0.4 is 4.74 Å². The Kier molecular flexibility index (Phi) is 5.36. The summed E-state index contributed by atoms with van der Waals surface area (Å²) in [5.41, 5.74) is 0.468. The molecule has 134 valence electrons. The third-order valence-corrected chi connectivity index (χ3v) is 5.87. The van der Waals surface area contributed by atoms with E-state index in [1.165, 1.54) is 22.5 Å². The lowest BCUT2D eigenvalue weighted by atomic mass is 10.2. The fraction of sp³-hybridized carbons (Fsp3) is 0.333. The van der Waals surface area contributed by atoms with Crippen molar-refractivity contribution in [3.8, 4) is 5.75 Å². The van der Waals surface area contributed by atoms with Crippen LogP contribution in [0.4, 0.5) is 4.39 Å². The monoisotopic (exact) mass is 365 g/mol. The zero-order chi connectivity index (χ0) is 17.9. The molecular formula is C18H20FNO4S. The van der Waals surface area contributed by atoms with Gasteiger partial charge in [-0.3, -0.25) is 0 Å². The highest BCUT2D eigenvalue weighted by atomic mass is 32.2. The smallest absolute Gasteiger partial charge is 0.243 e. The van der Waals surface area contributed by atoms with Gasteiger partial charge in [0.25, 0.3) is 0 Å². The summed E-state index contributed by atoms with van der Waals surface area (Å²) in [6.45, 7) is 3.06. The summed E-state index contributed by atoms with van der Waals surface area (Å²) in [4.78, 5) is 0.225. The van der Waals surface area contributed by atoms with E-state index in [1.807, 2.05) is 6.92 Å². The molecule has 1 saturated heterocycles. The summed E-state index contributed by atoms with van der Waals surface area (Å²) < 4.78 is 50.9. The molecule has 0 atom stereocenters. The van der Waals surface area contributed by atoms with E-state index in [0.717, 1.165) is 0 Å². The molecule has 25 heavy (non-hydrogen) atoms. The van der Waals surface area contributed by atoms with Crippen molar-refractivity contribution in [2.45, 2.75) is 24.5 Å². The zero-order valence-corrected chi connectivity index (χ0v) is 14.7. The van der Waals surface area contributed by atoms with Gasteiger partial charge in [0.1, 0.15) is 11.6 Å². The molecule has 0 spiro atoms. The molecule has 2 aromatic carbocycles. The minimum atomic E-state index is -3.53. The molecule has 0 aromatic heterocycles. The van der Waals surface area contributed by atoms with Gasteiger partial charge >= 0.3 is 0 Å². The highest BCUT2D eigenvalue weighted by molar-refractivity contribution is 7.89. The van der Waals surface area contributed by atoms with Crippen molar-refractivity contribution in [2.24, 2.45) is 0 Å². The molecule has 1 heterocycles. The van der Waals surface area contributed by atoms with Gasteiger partial charge in [-0.25, -0.2) is 12.8 Å². The number of hydrogen-bond acceptors (Lipinski definition) is 4. The Morgan fingerprint density at radius 3 is 2.44 bits per heavy atom. The van der Waals surface area contributed by atoms with Crippen LogP contribution in [0.25, 0.3) is 0 Å². The molecule has 1 aliphatic heterocycles. The van der Waals surface area contributed by atoms with E-state index < -0.39 is 10.0 Å². The SMILES string of the molecule is CCOc1ccc(S(=O)(=O)N2CC(OCc3ccccc3F)C2)cc1. The number of rotatable bonds is 7. The predicted octanol–water partition coefficient (Wildman–Crippen LogP) is 2.81. The van der Waals surface area contributed by atoms with Crippen molar-refractivity contribution in [3.63, 3.8) is 0 Å². The van der Waals surface area contributed by atoms with Crippen LogP contribution in [0.2, 0.25) is 0 Å². The maximum absolute atomic E-state index is 13.5. The Hall–Kier alpha value is -1.96. The molecular weight excluding hydrogens is 345 g/mol. The summed E-state index contributed by atoms with van der Waals surface area (Å²) >= 11 is 0. The van der Waals surface area contributed by atoms with Crippen LogP contribution in [0, 0.1) is 5.82 Å². The highest BCUT2D eigenvalue weighted by Gasteiger charge is 2.37. The molecule has 0 saturated carbocycles. The number of halogens is 1. The van der Waals surface area contributed by atoms with Crippen molar-refractivity contribution in [3.05, 3.63) is 59.9 Å². The number of sulfonamides is 1. The van der Waals surface area contributed by atoms with Gasteiger partial charge in [0.05, 0.1) is 24.2 Å². The Balaban J connectivity index is 1.55. The first-order valence-corrected chi connectivity index (χ1v) is 9.52. The quantitative estimate of drug-likeness (QED) is 0.757. The average molecular weight is 365 g/mol. The molecule has 0 aliphatic carbocycles. The number of nitrogens with zero attached hydrogens (tertiary/aromatic N) is 1. The third-order valence-electron chi connectivity index (χ3n) is 4.02. The molecule has 0 bridgehead atoms. The van der Waals surface area contributed by atoms with Crippen LogP contribution in [-0.2, 0) is 21.4 Å². The van der Waals surface area contributed by atoms with Crippen LogP contribution in [0.15, 0.2) is 53.4 Å². The van der Waals surface area contributed by atoms with Gasteiger partial charge in [0.2, 0.25) is 10.0 Å². The van der Waals surface area contributed by atoms with E-state index in [2.05, 4.69) is 0 Å². The first-order valence-electron chi connectivity index (χ1n) is 8.08. The average Bonchev–Trinajstić information content (AvgIpc) is 2.55. The first kappa shape index (κ1) is 17.8. The standard InChI is InChI=1S/C18H20FNO4S/c1-2-23-15-7-9-17(10-8-15)25(21,22)20-11-16(12-20)24-13-14-5-3-4-6-18(14)19/h3-10,16H,2,11-13H2,1H3. The molecule has 1 fully saturated rings. The van der Waals surface area contributed by atoms with E-state index in [0.29, 0.717) is 17.9 Å². The third kappa shape index (κ3) is 4.00. The maximum atomic E-state index is 13.5. The minimum absolute atomic E-state index is 0.133. The summed E-state index contributed by atoms with van der Waals surface area (Å²) in [5, 5.41) is 0. The van der Waals surface area contributed by atoms with Crippen LogP contribution >= 0.6 is 0 Å². The second-order valence-corrected chi connectivity index (χ2v) is 7.69. The second kappa shape index (κ2) is 7.51. The van der Waals surface area contributed by atoms with Crippen LogP contribution in [0.3, 0.4) is 0 Å². The maximum Gasteiger partial charge on any atom is 0.243 e. The molecule has 5 nitrogen and oxygen atoms in total. The van der Waals surface area contributed by atoms with Crippen molar-refractivity contribution in [2.75, 3.05) is 19.7 Å². The van der Waals surface area contributed by atoms with Gasteiger partial charge in [-0.1, -0.05) is 18.2 Å². The Morgan fingerprint density at radius 2 is 1.80 bits per heavy atom. The normalized spacial score (nSPS) is 15.8. The number of ether oxygens (including phenoxy) is 2. The molecule has 0 radical (unpaired) electrons. The molecule has 0 unspecified atom stereocenters. The second-order valence-electron chi connectivity index (χ2n) is 5.75. The predicted molar refractivity (Wildman–Crippen MR) is 91.3 cm³/mol. The highest BCUT2D eigenvalue weighted by Crippen LogP contribution is 2.25. The fourth-order valence-electron chi connectivity index (χ4n) is 2.55. The first-order chi connectivity index (χ1) is 12.0. The zero-order valence-electron chi connectivity index (χ0n) is 13.9. The van der Waals surface area contributed by atoms with E-state index in [4.69, 9.17) is 9.47 Å². The van der Waals surface area contributed by atoms with Crippen LogP contribution in [0.1, 0.15) is 12.5 Å². The van der Waals surface area contributed by atoms with E-state index in [9.17, 15) is 12.8 Å². The summed E-state index contributed by atoms with van der Waals surface area (Å²) in [5.74, 6) is 0.317. The molecule has 0 N–H and O–H groups in total. The van der Waals surface area contributed by atoms with Gasteiger partial charge in [0, 0.05) is 18.7 Å². The summed E-state index contributed by atoms with van der Waals surface area (Å²) in [6.07, 6.45) is -0.225. The molecule has 0 amide bonds. The number of hydrogen-bond donors (Lipinski definition) is 0. The van der Waals surface area contributed by atoms with Gasteiger partial charge in [-0.2, -0.15) is 4.31 Å². The van der Waals surface area contributed by atoms with Gasteiger partial charge < -0.3 is 9.47 Å². The molecule has 1 aliphatic rings. The fourth-order valence-corrected chi connectivity index (χ4v) is 4.05. The largest absolute Gasteiger partial charge is 0.494 e. The van der Waals surface area contributed by atoms with Gasteiger partial charge in [0.15, 0.2) is 0 Å². The van der Waals surface area contributed by atoms with Crippen LogP contribution in [0.5, 0.6) is 5.75 Å². The lowest BCUT2D eigenvalue weighted by Crippen LogP contribution is -2.54. The van der Waals surface area contributed by atoms with E-state index in [1.54, 1.807) is 30.3 Å². The minimum Gasteiger partial charge on any atom is -0.494 e. The molecule has 3 rings (SSSR count). The van der Waals surface area contributed by atoms with Crippen molar-refractivity contribution >= 4 is 10.0 Å². The van der Waals surface area contributed by atoms with Gasteiger partial charge in [-0.05, 0) is 37.3 Å². The van der Waals surface area contributed by atoms with E-state index in [-0.39, 0.29) is 36.5 Å². The number of benzene rings is 2. The summed E-state index contributed by atoms with van der Waals surface area (Å²) in [7, 11) is -3.53. The molecule has 2 aromatic rings. The van der Waals surface area contributed by atoms with Crippen molar-refractivity contribution in [1.29, 1.82) is 0 Å². The topological polar surface area (TPSA) is 55.8 Å². The van der Waals surface area contributed by atoms with E-state index >= 15 is 0 Å². The Bertz CT molecular complexity index is 817. The van der Waals surface area contributed by atoms with Crippen LogP contribution in [-0.4, -0.2) is 38.5 Å². The van der Waals surface area contributed by atoms with Crippen molar-refractivity contribution < 1.29 is 22.3 Å². The lowest BCUT2D eigenvalue weighted by molar-refractivity contribution is -0.0304. The Morgan fingerprint density at radius 1 is 1.12 bits per heavy atom. The van der Waals surface area contributed by atoms with Gasteiger partial charge in [-0.15, -0.1) is 0 Å². The lowest BCUT2D eigenvalue weighted by Gasteiger charge is -2.37. The summed E-state index contributed by atoms with van der Waals surface area (Å²) in [6, 6.07) is 12.7. The molecule has 7 heteroatoms. The Labute approximate surface area is 147 Å². The van der Waals surface area contributed by atoms with Crippen molar-refractivity contribution in [1.82, 2.24) is 4.31 Å².